The Morgan fingerprint density at radius 2 is 1.39 bits per heavy atom. The van der Waals surface area contributed by atoms with Crippen molar-refractivity contribution in [3.8, 4) is 0 Å². The van der Waals surface area contributed by atoms with Gasteiger partial charge >= 0.3 is 5.22 Å². The minimum absolute atomic E-state index is 0.911. The predicted octanol–water partition coefficient (Wildman–Crippen LogP) is 6.79. The number of para-hydroxylation sites is 3. The average molecular weight is 518 g/mol. The zero-order valence-corrected chi connectivity index (χ0v) is 22.8. The zero-order valence-electron chi connectivity index (χ0n) is 22.0. The Morgan fingerprint density at radius 1 is 0.737 bits per heavy atom. The number of benzene rings is 4. The van der Waals surface area contributed by atoms with E-state index in [1.807, 2.05) is 18.2 Å². The molecule has 0 aliphatic heterocycles. The van der Waals surface area contributed by atoms with Gasteiger partial charge in [-0.1, -0.05) is 66.7 Å². The zero-order chi connectivity index (χ0) is 26.1. The average Bonchev–Trinajstić information content (AvgIpc) is 3.28. The molecule has 0 amide bonds. The molecule has 5 heteroatoms. The van der Waals surface area contributed by atoms with Crippen molar-refractivity contribution in [2.24, 2.45) is 14.1 Å². The number of nitrogens with zero attached hydrogens (tertiary/aromatic N) is 3. The number of aromatic nitrogens is 2. The molecule has 0 bridgehead atoms. The van der Waals surface area contributed by atoms with Crippen molar-refractivity contribution in [1.29, 1.82) is 0 Å². The minimum Gasteiger partial charge on any atom is -0.393 e. The third kappa shape index (κ3) is 4.54. The van der Waals surface area contributed by atoms with Crippen molar-refractivity contribution in [2.75, 3.05) is 24.2 Å². The van der Waals surface area contributed by atoms with Gasteiger partial charge in [-0.05, 0) is 46.5 Å². The summed E-state index contributed by atoms with van der Waals surface area (Å²) in [6, 6.07) is 32.1. The van der Waals surface area contributed by atoms with E-state index in [1.165, 1.54) is 38.5 Å². The molecular weight excluding hydrogens is 486 g/mol. The topological polar surface area (TPSA) is 24.1 Å². The molecule has 0 atom stereocenters. The molecule has 0 spiro atoms. The van der Waals surface area contributed by atoms with Crippen LogP contribution < -0.4 is 14.0 Å². The summed E-state index contributed by atoms with van der Waals surface area (Å²) in [5, 5.41) is 4.72. The molecule has 0 unspecified atom stereocenters. The molecule has 4 aromatic carbocycles. The van der Waals surface area contributed by atoms with E-state index >= 15 is 0 Å². The quantitative estimate of drug-likeness (QED) is 0.172. The Balaban J connectivity index is 1.24. The first kappa shape index (κ1) is 24.3. The summed E-state index contributed by atoms with van der Waals surface area (Å²) in [6.45, 7) is 0.911. The molecule has 0 saturated heterocycles. The normalized spacial score (nSPS) is 11.8. The number of fused-ring (bicyclic) bond motifs is 3. The van der Waals surface area contributed by atoms with Gasteiger partial charge in [-0.2, -0.15) is 4.57 Å². The first-order valence-electron chi connectivity index (χ1n) is 12.9. The Kier molecular flexibility index (Phi) is 6.61. The second kappa shape index (κ2) is 10.3. The summed E-state index contributed by atoms with van der Waals surface area (Å²) >= 11 is 1.75. The van der Waals surface area contributed by atoms with Crippen LogP contribution in [0, 0.1) is 0 Å². The number of anilines is 1. The number of hydrogen-bond donors (Lipinski definition) is 0. The summed E-state index contributed by atoms with van der Waals surface area (Å²) in [7, 11) is 6.33. The SMILES string of the molecule is CN(CCSc1oc2ccccc2[n+]1C)c1ccc(/C=C/c2cc[n+](C)c3ccccc23)c2ccccc12. The van der Waals surface area contributed by atoms with Crippen LogP contribution in [0.2, 0.25) is 0 Å². The van der Waals surface area contributed by atoms with E-state index in [9.17, 15) is 0 Å². The summed E-state index contributed by atoms with van der Waals surface area (Å²) in [5.41, 5.74) is 6.96. The molecule has 0 fully saturated rings. The molecule has 0 radical (unpaired) electrons. The molecule has 38 heavy (non-hydrogen) atoms. The first-order chi connectivity index (χ1) is 18.6. The van der Waals surface area contributed by atoms with Crippen molar-refractivity contribution < 1.29 is 13.6 Å². The Morgan fingerprint density at radius 3 is 2.18 bits per heavy atom. The van der Waals surface area contributed by atoms with Gasteiger partial charge in [-0.25, -0.2) is 4.57 Å². The van der Waals surface area contributed by atoms with Crippen LogP contribution in [-0.2, 0) is 14.1 Å². The van der Waals surface area contributed by atoms with Gasteiger partial charge in [0.15, 0.2) is 6.20 Å². The fraction of sp³-hybridized carbons (Fsp3) is 0.152. The van der Waals surface area contributed by atoms with Gasteiger partial charge in [0.2, 0.25) is 11.1 Å². The van der Waals surface area contributed by atoms with Crippen LogP contribution in [0.4, 0.5) is 5.69 Å². The fourth-order valence-electron chi connectivity index (χ4n) is 5.10. The lowest BCUT2D eigenvalue weighted by molar-refractivity contribution is -0.692. The van der Waals surface area contributed by atoms with Crippen LogP contribution in [0.15, 0.2) is 107 Å². The number of oxazole rings is 1. The monoisotopic (exact) mass is 517 g/mol. The van der Waals surface area contributed by atoms with Crippen LogP contribution in [-0.4, -0.2) is 19.3 Å². The Bertz CT molecular complexity index is 1800. The molecule has 188 valence electrons. The molecule has 4 nitrogen and oxygen atoms in total. The molecular formula is C33H31N3OS+2. The van der Waals surface area contributed by atoms with Gasteiger partial charge in [0.05, 0.1) is 5.39 Å². The second-order valence-corrected chi connectivity index (χ2v) is 10.7. The second-order valence-electron chi connectivity index (χ2n) is 9.62. The van der Waals surface area contributed by atoms with E-state index in [0.717, 1.165) is 28.6 Å². The smallest absolute Gasteiger partial charge is 0.393 e. The van der Waals surface area contributed by atoms with Crippen molar-refractivity contribution in [2.45, 2.75) is 5.22 Å². The van der Waals surface area contributed by atoms with E-state index in [-0.39, 0.29) is 0 Å². The highest BCUT2D eigenvalue weighted by molar-refractivity contribution is 7.99. The molecule has 0 aliphatic rings. The Hall–Kier alpha value is -4.09. The molecule has 6 aromatic rings. The highest BCUT2D eigenvalue weighted by Gasteiger charge is 2.19. The molecule has 2 heterocycles. The molecule has 0 aliphatic carbocycles. The van der Waals surface area contributed by atoms with Crippen LogP contribution >= 0.6 is 11.8 Å². The first-order valence-corrected chi connectivity index (χ1v) is 13.9. The van der Waals surface area contributed by atoms with E-state index in [1.54, 1.807) is 11.8 Å². The standard InChI is InChI=1S/C33H31N3OS/c1-34-21-20-25(27-11-6-7-13-29(27)34)17-16-24-18-19-30(28-12-5-4-10-26(24)28)35(2)22-23-38-33-36(3)31-14-8-9-15-32(31)37-33/h4-21H,22-23H2,1-3H3/q+2. The maximum absolute atomic E-state index is 6.07. The molecule has 2 aromatic heterocycles. The van der Waals surface area contributed by atoms with E-state index in [0.29, 0.717) is 0 Å². The van der Waals surface area contributed by atoms with Gasteiger partial charge in [-0.3, -0.25) is 0 Å². The Labute approximate surface area is 227 Å². The molecule has 0 N–H and O–H groups in total. The lowest BCUT2D eigenvalue weighted by Gasteiger charge is -2.21. The van der Waals surface area contributed by atoms with Gasteiger partial charge in [0.25, 0.3) is 5.52 Å². The van der Waals surface area contributed by atoms with Crippen LogP contribution in [0.3, 0.4) is 0 Å². The lowest BCUT2D eigenvalue weighted by Crippen LogP contribution is -2.29. The van der Waals surface area contributed by atoms with E-state index < -0.39 is 0 Å². The predicted molar refractivity (Wildman–Crippen MR) is 159 cm³/mol. The van der Waals surface area contributed by atoms with Crippen molar-refractivity contribution in [3.05, 3.63) is 108 Å². The van der Waals surface area contributed by atoms with Crippen molar-refractivity contribution in [3.63, 3.8) is 0 Å². The van der Waals surface area contributed by atoms with Gasteiger partial charge in [0.1, 0.15) is 14.1 Å². The number of thioether (sulfide) groups is 1. The van der Waals surface area contributed by atoms with E-state index in [4.69, 9.17) is 4.42 Å². The lowest BCUT2D eigenvalue weighted by atomic mass is 10.0. The van der Waals surface area contributed by atoms with Gasteiger partial charge in [-0.15, -0.1) is 0 Å². The minimum atomic E-state index is 0.911. The number of rotatable bonds is 7. The third-order valence-electron chi connectivity index (χ3n) is 7.21. The summed E-state index contributed by atoms with van der Waals surface area (Å²) in [4.78, 5) is 2.34. The number of hydrogen-bond acceptors (Lipinski definition) is 3. The summed E-state index contributed by atoms with van der Waals surface area (Å²) < 4.78 is 10.4. The van der Waals surface area contributed by atoms with Crippen LogP contribution in [0.5, 0.6) is 0 Å². The highest BCUT2D eigenvalue weighted by atomic mass is 32.2. The van der Waals surface area contributed by atoms with Gasteiger partial charge < -0.3 is 9.32 Å². The maximum atomic E-state index is 6.07. The van der Waals surface area contributed by atoms with Crippen molar-refractivity contribution in [1.82, 2.24) is 0 Å². The summed E-state index contributed by atoms with van der Waals surface area (Å²) in [6.07, 6.45) is 6.60. The van der Waals surface area contributed by atoms with Crippen LogP contribution in [0.25, 0.3) is 44.9 Å². The van der Waals surface area contributed by atoms with E-state index in [2.05, 4.69) is 126 Å². The molecule has 0 saturated carbocycles. The van der Waals surface area contributed by atoms with Gasteiger partial charge in [0, 0.05) is 48.6 Å². The fourth-order valence-corrected chi connectivity index (χ4v) is 6.08. The van der Waals surface area contributed by atoms with Crippen molar-refractivity contribution >= 4 is 62.4 Å². The number of pyridine rings is 1. The summed E-state index contributed by atoms with van der Waals surface area (Å²) in [5.74, 6) is 0.929. The highest BCUT2D eigenvalue weighted by Crippen LogP contribution is 2.31. The molecule has 6 rings (SSSR count). The largest absolute Gasteiger partial charge is 0.412 e. The third-order valence-corrected chi connectivity index (χ3v) is 8.20. The van der Waals surface area contributed by atoms with Crippen LogP contribution in [0.1, 0.15) is 11.1 Å². The number of aryl methyl sites for hydroxylation is 2. The maximum Gasteiger partial charge on any atom is 0.412 e.